The fourth-order valence-electron chi connectivity index (χ4n) is 1.73. The van der Waals surface area contributed by atoms with Crippen molar-refractivity contribution in [2.24, 2.45) is 0 Å². The number of pyridine rings is 1. The Morgan fingerprint density at radius 1 is 1.24 bits per heavy atom. The zero-order chi connectivity index (χ0) is 14.8. The van der Waals surface area contributed by atoms with Gasteiger partial charge in [0, 0.05) is 17.8 Å². The third kappa shape index (κ3) is 2.59. The maximum absolute atomic E-state index is 10.9. The van der Waals surface area contributed by atoms with E-state index in [4.69, 9.17) is 16.1 Å². The first-order chi connectivity index (χ1) is 10.1. The van der Waals surface area contributed by atoms with Crippen LogP contribution in [0.1, 0.15) is 0 Å². The predicted molar refractivity (Wildman–Crippen MR) is 74.6 cm³/mol. The van der Waals surface area contributed by atoms with Crippen molar-refractivity contribution in [3.63, 3.8) is 0 Å². The highest BCUT2D eigenvalue weighted by molar-refractivity contribution is 6.32. The van der Waals surface area contributed by atoms with Gasteiger partial charge in [0.25, 0.3) is 11.6 Å². The molecule has 2 heterocycles. The van der Waals surface area contributed by atoms with Gasteiger partial charge in [0.1, 0.15) is 10.7 Å². The maximum Gasteiger partial charge on any atom is 0.288 e. The Bertz CT molecular complexity index is 804. The third-order valence-corrected chi connectivity index (χ3v) is 3.03. The number of nitro groups is 1. The van der Waals surface area contributed by atoms with Gasteiger partial charge in [0.15, 0.2) is 0 Å². The Morgan fingerprint density at radius 2 is 2.10 bits per heavy atom. The van der Waals surface area contributed by atoms with Gasteiger partial charge >= 0.3 is 0 Å². The highest BCUT2D eigenvalue weighted by atomic mass is 35.5. The Kier molecular flexibility index (Phi) is 3.33. The number of aromatic nitrogens is 3. The molecule has 2 aromatic heterocycles. The molecular weight excluding hydrogens is 296 g/mol. The second-order valence-corrected chi connectivity index (χ2v) is 4.47. The molecular formula is C13H7ClN4O3. The zero-order valence-electron chi connectivity index (χ0n) is 10.4. The van der Waals surface area contributed by atoms with Gasteiger partial charge in [-0.1, -0.05) is 22.8 Å². The summed E-state index contributed by atoms with van der Waals surface area (Å²) >= 11 is 5.76. The van der Waals surface area contributed by atoms with Crippen LogP contribution in [0.2, 0.25) is 5.02 Å². The molecule has 0 amide bonds. The Balaban J connectivity index is 2.01. The summed E-state index contributed by atoms with van der Waals surface area (Å²) < 4.78 is 5.11. The molecule has 0 saturated carbocycles. The van der Waals surface area contributed by atoms with Crippen molar-refractivity contribution in [3.8, 4) is 23.0 Å². The second-order valence-electron chi connectivity index (χ2n) is 4.06. The summed E-state index contributed by atoms with van der Waals surface area (Å²) in [4.78, 5) is 18.6. The van der Waals surface area contributed by atoms with E-state index in [0.29, 0.717) is 17.1 Å². The summed E-state index contributed by atoms with van der Waals surface area (Å²) in [6.07, 6.45) is 1.61. The molecule has 3 rings (SSSR count). The first-order valence-corrected chi connectivity index (χ1v) is 6.22. The van der Waals surface area contributed by atoms with E-state index in [9.17, 15) is 10.1 Å². The molecule has 0 aliphatic rings. The molecule has 8 heteroatoms. The van der Waals surface area contributed by atoms with Gasteiger partial charge in [-0.15, -0.1) is 0 Å². The van der Waals surface area contributed by atoms with Crippen LogP contribution in [0.4, 0.5) is 5.69 Å². The average molecular weight is 303 g/mol. The zero-order valence-corrected chi connectivity index (χ0v) is 11.2. The first-order valence-electron chi connectivity index (χ1n) is 5.84. The van der Waals surface area contributed by atoms with Crippen LogP contribution in [-0.4, -0.2) is 20.0 Å². The summed E-state index contributed by atoms with van der Waals surface area (Å²) in [7, 11) is 0. The smallest absolute Gasteiger partial charge is 0.288 e. The lowest BCUT2D eigenvalue weighted by atomic mass is 10.2. The third-order valence-electron chi connectivity index (χ3n) is 2.71. The lowest BCUT2D eigenvalue weighted by Crippen LogP contribution is -1.90. The van der Waals surface area contributed by atoms with Crippen LogP contribution < -0.4 is 0 Å². The van der Waals surface area contributed by atoms with Crippen LogP contribution in [0.3, 0.4) is 0 Å². The average Bonchev–Trinajstić information content (AvgIpc) is 2.98. The summed E-state index contributed by atoms with van der Waals surface area (Å²) in [5.41, 5.74) is 0.753. The molecule has 21 heavy (non-hydrogen) atoms. The number of halogens is 1. The molecule has 0 aliphatic heterocycles. The molecule has 0 unspecified atom stereocenters. The lowest BCUT2D eigenvalue weighted by Gasteiger charge is -1.97. The van der Waals surface area contributed by atoms with Gasteiger partial charge in [-0.2, -0.15) is 4.98 Å². The molecule has 7 nitrogen and oxygen atoms in total. The van der Waals surface area contributed by atoms with Gasteiger partial charge in [-0.25, -0.2) is 0 Å². The van der Waals surface area contributed by atoms with Crippen molar-refractivity contribution in [1.82, 2.24) is 15.1 Å². The first kappa shape index (κ1) is 13.2. The van der Waals surface area contributed by atoms with Crippen molar-refractivity contribution in [2.75, 3.05) is 0 Å². The van der Waals surface area contributed by atoms with E-state index >= 15 is 0 Å². The van der Waals surface area contributed by atoms with E-state index < -0.39 is 4.92 Å². The molecule has 0 N–H and O–H groups in total. The number of nitro benzene ring substituents is 1. The number of rotatable bonds is 3. The van der Waals surface area contributed by atoms with Crippen molar-refractivity contribution >= 4 is 17.3 Å². The highest BCUT2D eigenvalue weighted by Gasteiger charge is 2.17. The predicted octanol–water partition coefficient (Wildman–Crippen LogP) is 3.36. The quantitative estimate of drug-likeness (QED) is 0.544. The standard InChI is InChI=1S/C13H7ClN4O3/c14-9-5-4-8(7-11(9)18(19)20)13-16-12(17-21-13)10-3-1-2-6-15-10/h1-7H. The van der Waals surface area contributed by atoms with Crippen LogP contribution >= 0.6 is 11.6 Å². The highest BCUT2D eigenvalue weighted by Crippen LogP contribution is 2.30. The van der Waals surface area contributed by atoms with Crippen LogP contribution in [0.15, 0.2) is 47.1 Å². The number of benzene rings is 1. The van der Waals surface area contributed by atoms with E-state index in [1.54, 1.807) is 30.5 Å². The van der Waals surface area contributed by atoms with Gasteiger partial charge in [0.2, 0.25) is 5.82 Å². The van der Waals surface area contributed by atoms with Gasteiger partial charge in [-0.05, 0) is 24.3 Å². The van der Waals surface area contributed by atoms with Crippen LogP contribution in [0.5, 0.6) is 0 Å². The molecule has 0 atom stereocenters. The number of nitrogens with zero attached hydrogens (tertiary/aromatic N) is 4. The van der Waals surface area contributed by atoms with E-state index in [1.165, 1.54) is 12.1 Å². The van der Waals surface area contributed by atoms with E-state index in [1.807, 2.05) is 0 Å². The summed E-state index contributed by atoms with van der Waals surface area (Å²) in [5, 5.41) is 14.7. The molecule has 0 bridgehead atoms. The largest absolute Gasteiger partial charge is 0.334 e. The van der Waals surface area contributed by atoms with Gasteiger partial charge in [0.05, 0.1) is 4.92 Å². The molecule has 0 aliphatic carbocycles. The SMILES string of the molecule is O=[N+]([O-])c1cc(-c2nc(-c3ccccn3)no2)ccc1Cl. The Morgan fingerprint density at radius 3 is 2.81 bits per heavy atom. The Labute approximate surface area is 123 Å². The van der Waals surface area contributed by atoms with E-state index in [-0.39, 0.29) is 16.6 Å². The van der Waals surface area contributed by atoms with Gasteiger partial charge in [-0.3, -0.25) is 15.1 Å². The number of hydrogen-bond acceptors (Lipinski definition) is 6. The van der Waals surface area contributed by atoms with Crippen molar-refractivity contribution in [3.05, 3.63) is 57.7 Å². The minimum Gasteiger partial charge on any atom is -0.334 e. The Hall–Kier alpha value is -2.80. The molecule has 3 aromatic rings. The fraction of sp³-hybridized carbons (Fsp3) is 0. The van der Waals surface area contributed by atoms with E-state index in [2.05, 4.69) is 15.1 Å². The second kappa shape index (κ2) is 5.29. The molecule has 0 radical (unpaired) electrons. The molecule has 0 fully saturated rings. The number of hydrogen-bond donors (Lipinski definition) is 0. The maximum atomic E-state index is 10.9. The summed E-state index contributed by atoms with van der Waals surface area (Å²) in [6.45, 7) is 0. The summed E-state index contributed by atoms with van der Waals surface area (Å²) in [5.74, 6) is 0.471. The van der Waals surface area contributed by atoms with Crippen molar-refractivity contribution in [2.45, 2.75) is 0 Å². The lowest BCUT2D eigenvalue weighted by molar-refractivity contribution is -0.384. The topological polar surface area (TPSA) is 95.0 Å². The minimum atomic E-state index is -0.568. The molecule has 1 aromatic carbocycles. The fourth-order valence-corrected chi connectivity index (χ4v) is 1.91. The summed E-state index contributed by atoms with van der Waals surface area (Å²) in [6, 6.07) is 9.58. The minimum absolute atomic E-state index is 0.0493. The van der Waals surface area contributed by atoms with Crippen LogP contribution in [0, 0.1) is 10.1 Å². The molecule has 0 saturated heterocycles. The van der Waals surface area contributed by atoms with Gasteiger partial charge < -0.3 is 4.52 Å². The molecule has 0 spiro atoms. The van der Waals surface area contributed by atoms with E-state index in [0.717, 1.165) is 0 Å². The van der Waals surface area contributed by atoms with Crippen molar-refractivity contribution in [1.29, 1.82) is 0 Å². The van der Waals surface area contributed by atoms with Crippen LogP contribution in [-0.2, 0) is 0 Å². The van der Waals surface area contributed by atoms with Crippen molar-refractivity contribution < 1.29 is 9.45 Å². The monoisotopic (exact) mass is 302 g/mol. The normalized spacial score (nSPS) is 10.5. The van der Waals surface area contributed by atoms with Crippen LogP contribution in [0.25, 0.3) is 23.0 Å². The molecule has 104 valence electrons.